The normalized spacial score (nSPS) is 21.7. The van der Waals surface area contributed by atoms with Crippen LogP contribution in [0.3, 0.4) is 0 Å². The molecular weight excluding hydrogens is 411 g/mol. The number of hydrogen-bond donors (Lipinski definition) is 0. The number of rotatable bonds is 7. The van der Waals surface area contributed by atoms with Crippen LogP contribution in [-0.2, 0) is 4.52 Å². The Hall–Kier alpha value is -1.74. The highest BCUT2D eigenvalue weighted by atomic mass is 35.5. The van der Waals surface area contributed by atoms with Crippen molar-refractivity contribution in [3.8, 4) is 0 Å². The summed E-state index contributed by atoms with van der Waals surface area (Å²) in [5.74, 6) is 0.570. The van der Waals surface area contributed by atoms with E-state index in [1.165, 1.54) is 16.7 Å². The van der Waals surface area contributed by atoms with Gasteiger partial charge in [0.15, 0.2) is 8.45 Å². The molecule has 0 radical (unpaired) electrons. The molecule has 30 heavy (non-hydrogen) atoms. The molecule has 0 aliphatic carbocycles. The highest BCUT2D eigenvalue weighted by Gasteiger charge is 2.47. The van der Waals surface area contributed by atoms with E-state index in [2.05, 4.69) is 108 Å². The van der Waals surface area contributed by atoms with E-state index in [0.29, 0.717) is 5.88 Å². The minimum absolute atomic E-state index is 0.0225. The quantitative estimate of drug-likeness (QED) is 0.293. The van der Waals surface area contributed by atoms with Gasteiger partial charge in [-0.1, -0.05) is 91.0 Å². The molecule has 0 saturated carbocycles. The van der Waals surface area contributed by atoms with E-state index in [0.717, 1.165) is 6.42 Å². The second-order valence-corrected chi connectivity index (χ2v) is 9.95. The zero-order chi connectivity index (χ0) is 20.9. The number of likely N-dealkylation sites (N-methyl/N-ethyl adjacent to an activating group) is 2. The second kappa shape index (κ2) is 10.0. The minimum atomic E-state index is -0.960. The average molecular weight is 439 g/mol. The summed E-state index contributed by atoms with van der Waals surface area (Å²) in [7, 11) is 3.41. The predicted octanol–water partition coefficient (Wildman–Crippen LogP) is 6.96. The number of halogens is 1. The molecule has 3 atom stereocenters. The first-order valence-corrected chi connectivity index (χ1v) is 12.0. The van der Waals surface area contributed by atoms with Crippen LogP contribution in [0.4, 0.5) is 0 Å². The van der Waals surface area contributed by atoms with Crippen LogP contribution in [0.15, 0.2) is 91.0 Å². The molecule has 3 aromatic rings. The predicted molar refractivity (Wildman–Crippen MR) is 126 cm³/mol. The van der Waals surface area contributed by atoms with Crippen molar-refractivity contribution in [2.45, 2.75) is 24.6 Å². The molecule has 1 aliphatic rings. The van der Waals surface area contributed by atoms with Crippen molar-refractivity contribution >= 4 is 20.1 Å². The topological polar surface area (TPSA) is 15.7 Å². The monoisotopic (exact) mass is 438 g/mol. The fraction of sp³-hybridized carbons (Fsp3) is 0.280. The summed E-state index contributed by atoms with van der Waals surface area (Å²) >= 11 is 6.15. The third-order valence-electron chi connectivity index (χ3n) is 5.69. The number of benzene rings is 3. The van der Waals surface area contributed by atoms with Crippen molar-refractivity contribution in [2.75, 3.05) is 20.0 Å². The van der Waals surface area contributed by atoms with Crippen molar-refractivity contribution in [3.05, 3.63) is 108 Å². The fourth-order valence-corrected chi connectivity index (χ4v) is 6.59. The number of nitrogens with zero attached hydrogens (tertiary/aromatic N) is 2. The van der Waals surface area contributed by atoms with Crippen LogP contribution in [0.2, 0.25) is 0 Å². The van der Waals surface area contributed by atoms with Gasteiger partial charge in [-0.25, -0.2) is 9.34 Å². The molecule has 0 amide bonds. The molecule has 0 unspecified atom stereocenters. The van der Waals surface area contributed by atoms with Gasteiger partial charge in [0.25, 0.3) is 0 Å². The van der Waals surface area contributed by atoms with E-state index in [1.807, 2.05) is 6.07 Å². The van der Waals surface area contributed by atoms with Crippen LogP contribution in [0.1, 0.15) is 41.3 Å². The van der Waals surface area contributed by atoms with Crippen LogP contribution >= 0.6 is 20.1 Å². The Morgan fingerprint density at radius 3 is 1.63 bits per heavy atom. The maximum absolute atomic E-state index is 6.80. The molecular formula is C25H28ClN2OP. The molecule has 3 aromatic carbocycles. The Labute approximate surface area is 186 Å². The summed E-state index contributed by atoms with van der Waals surface area (Å²) in [5, 5.41) is 0. The minimum Gasteiger partial charge on any atom is -0.323 e. The Morgan fingerprint density at radius 1 is 0.767 bits per heavy atom. The molecule has 3 nitrogen and oxygen atoms in total. The van der Waals surface area contributed by atoms with E-state index in [4.69, 9.17) is 16.1 Å². The molecule has 0 aromatic heterocycles. The summed E-state index contributed by atoms with van der Waals surface area (Å²) < 4.78 is 11.6. The van der Waals surface area contributed by atoms with E-state index < -0.39 is 8.45 Å². The zero-order valence-corrected chi connectivity index (χ0v) is 19.1. The lowest BCUT2D eigenvalue weighted by Crippen LogP contribution is -2.20. The van der Waals surface area contributed by atoms with Gasteiger partial charge in [0.05, 0.1) is 18.2 Å². The van der Waals surface area contributed by atoms with Crippen LogP contribution in [0.25, 0.3) is 0 Å². The molecule has 1 aliphatic heterocycles. The van der Waals surface area contributed by atoms with Crippen LogP contribution < -0.4 is 0 Å². The maximum atomic E-state index is 6.80. The molecule has 0 bridgehead atoms. The molecule has 1 saturated heterocycles. The third kappa shape index (κ3) is 4.46. The summed E-state index contributed by atoms with van der Waals surface area (Å²) in [4.78, 5) is 0. The largest absolute Gasteiger partial charge is 0.323 e. The van der Waals surface area contributed by atoms with Crippen molar-refractivity contribution in [1.82, 2.24) is 9.34 Å². The highest BCUT2D eigenvalue weighted by molar-refractivity contribution is 7.47. The first kappa shape index (κ1) is 21.5. The zero-order valence-electron chi connectivity index (χ0n) is 17.4. The smallest absolute Gasteiger partial charge is 0.189 e. The Balaban J connectivity index is 1.68. The van der Waals surface area contributed by atoms with Gasteiger partial charge in [-0.3, -0.25) is 0 Å². The van der Waals surface area contributed by atoms with Crippen LogP contribution in [0.5, 0.6) is 0 Å². The Kier molecular flexibility index (Phi) is 7.20. The average Bonchev–Trinajstić information content (AvgIpc) is 3.05. The first-order chi connectivity index (χ1) is 14.7. The SMILES string of the molecule is CN1[C@H](c2ccccc2)[C@@H](c2ccccc2)N(C)P1O[C@H](CCCl)c1ccccc1. The van der Waals surface area contributed by atoms with E-state index in [-0.39, 0.29) is 18.2 Å². The van der Waals surface area contributed by atoms with Crippen molar-refractivity contribution < 1.29 is 4.52 Å². The van der Waals surface area contributed by atoms with Gasteiger partial charge in [0.1, 0.15) is 0 Å². The lowest BCUT2D eigenvalue weighted by molar-refractivity contribution is 0.200. The van der Waals surface area contributed by atoms with Gasteiger partial charge in [-0.15, -0.1) is 11.6 Å². The molecule has 156 valence electrons. The Morgan fingerprint density at radius 2 is 1.20 bits per heavy atom. The summed E-state index contributed by atoms with van der Waals surface area (Å²) in [6, 6.07) is 32.4. The lowest BCUT2D eigenvalue weighted by Gasteiger charge is -2.30. The molecule has 1 fully saturated rings. The van der Waals surface area contributed by atoms with Crippen molar-refractivity contribution in [3.63, 3.8) is 0 Å². The molecule has 5 heteroatoms. The maximum Gasteiger partial charge on any atom is 0.189 e. The molecule has 4 rings (SSSR count). The van der Waals surface area contributed by atoms with E-state index in [1.54, 1.807) is 0 Å². The summed E-state index contributed by atoms with van der Waals surface area (Å²) in [6.45, 7) is 0. The van der Waals surface area contributed by atoms with Gasteiger partial charge >= 0.3 is 0 Å². The van der Waals surface area contributed by atoms with E-state index in [9.17, 15) is 0 Å². The van der Waals surface area contributed by atoms with Gasteiger partial charge in [0, 0.05) is 5.88 Å². The lowest BCUT2D eigenvalue weighted by atomic mass is 9.93. The molecule has 0 spiro atoms. The summed E-state index contributed by atoms with van der Waals surface area (Å²) in [5.41, 5.74) is 3.80. The number of alkyl halides is 1. The van der Waals surface area contributed by atoms with E-state index >= 15 is 0 Å². The second-order valence-electron chi connectivity index (χ2n) is 7.59. The number of hydrogen-bond acceptors (Lipinski definition) is 3. The standard InChI is InChI=1S/C25H28ClN2OP/c1-27-24(21-14-8-4-9-15-21)25(22-16-10-5-11-17-22)28(2)30(27)29-23(18-19-26)20-12-6-3-7-13-20/h3-17,23-25H,18-19H2,1-2H3/t23-,24-,25-/m1/s1. The Bertz CT molecular complexity index is 861. The highest BCUT2D eigenvalue weighted by Crippen LogP contribution is 2.64. The van der Waals surface area contributed by atoms with Crippen LogP contribution in [0, 0.1) is 0 Å². The summed E-state index contributed by atoms with van der Waals surface area (Å²) in [6.07, 6.45) is 0.767. The van der Waals surface area contributed by atoms with Gasteiger partial charge in [-0.2, -0.15) is 0 Å². The third-order valence-corrected chi connectivity index (χ3v) is 7.93. The van der Waals surface area contributed by atoms with Gasteiger partial charge in [-0.05, 0) is 37.2 Å². The molecule has 1 heterocycles. The van der Waals surface area contributed by atoms with Crippen LogP contribution in [-0.4, -0.2) is 29.3 Å². The van der Waals surface area contributed by atoms with Gasteiger partial charge < -0.3 is 4.52 Å². The molecule has 0 N–H and O–H groups in total. The first-order valence-electron chi connectivity index (χ1n) is 10.3. The van der Waals surface area contributed by atoms with Gasteiger partial charge in [0.2, 0.25) is 0 Å². The van der Waals surface area contributed by atoms with Crippen molar-refractivity contribution in [2.24, 2.45) is 0 Å². The van der Waals surface area contributed by atoms with Crippen molar-refractivity contribution in [1.29, 1.82) is 0 Å². The fourth-order valence-electron chi connectivity index (χ4n) is 4.25.